The molecule has 0 radical (unpaired) electrons. The number of aromatic nitrogens is 1. The summed E-state index contributed by atoms with van der Waals surface area (Å²) in [5.41, 5.74) is 2.14. The summed E-state index contributed by atoms with van der Waals surface area (Å²) in [6.07, 6.45) is 0. The lowest BCUT2D eigenvalue weighted by Crippen LogP contribution is -2.41. The largest absolute Gasteiger partial charge is 0.497 e. The first-order valence-electron chi connectivity index (χ1n) is 11.1. The third kappa shape index (κ3) is 3.60. The van der Waals surface area contributed by atoms with Gasteiger partial charge in [-0.2, -0.15) is 0 Å². The van der Waals surface area contributed by atoms with E-state index in [1.165, 1.54) is 0 Å². The van der Waals surface area contributed by atoms with Gasteiger partial charge in [0.05, 0.1) is 13.7 Å². The van der Waals surface area contributed by atoms with Crippen molar-refractivity contribution in [3.8, 4) is 22.9 Å². The van der Waals surface area contributed by atoms with E-state index in [1.807, 2.05) is 36.6 Å². The van der Waals surface area contributed by atoms with E-state index in [0.717, 1.165) is 16.3 Å². The quantitative estimate of drug-likeness (QED) is 0.433. The van der Waals surface area contributed by atoms with Gasteiger partial charge < -0.3 is 24.1 Å². The van der Waals surface area contributed by atoms with Crippen LogP contribution in [0.3, 0.4) is 0 Å². The van der Waals surface area contributed by atoms with Gasteiger partial charge in [0.2, 0.25) is 6.79 Å². The minimum absolute atomic E-state index is 0.174. The number of aryl methyl sites for hydroxylation is 1. The maximum absolute atomic E-state index is 13.3. The Kier molecular flexibility index (Phi) is 5.27. The number of Topliss-reactive ketones (excluding diaryl/α,β-unsaturated/α-hetero) is 1. The summed E-state index contributed by atoms with van der Waals surface area (Å²) in [6, 6.07) is 13.6. The Hall–Kier alpha value is -4.27. The Morgan fingerprint density at radius 3 is 2.49 bits per heavy atom. The van der Waals surface area contributed by atoms with Crippen LogP contribution in [-0.4, -0.2) is 47.6 Å². The number of ether oxygens (including phenoxy) is 3. The van der Waals surface area contributed by atoms with E-state index in [4.69, 9.17) is 14.2 Å². The van der Waals surface area contributed by atoms with Gasteiger partial charge in [0, 0.05) is 28.7 Å². The van der Waals surface area contributed by atoms with Crippen molar-refractivity contribution in [3.63, 3.8) is 0 Å². The number of carbonyl (C=O) groups excluding carboxylic acids is 3. The molecule has 180 valence electrons. The van der Waals surface area contributed by atoms with Crippen molar-refractivity contribution in [1.29, 1.82) is 0 Å². The van der Waals surface area contributed by atoms with Crippen molar-refractivity contribution < 1.29 is 28.6 Å². The zero-order chi connectivity index (χ0) is 24.9. The number of fused-ring (bicyclic) bond motifs is 1. The number of hydrogen-bond acceptors (Lipinski definition) is 6. The monoisotopic (exact) mass is 475 g/mol. The van der Waals surface area contributed by atoms with Crippen LogP contribution in [0.5, 0.6) is 17.2 Å². The molecular formula is C26H25N3O6. The Morgan fingerprint density at radius 2 is 1.77 bits per heavy atom. The number of urea groups is 1. The Labute approximate surface area is 202 Å². The molecule has 1 atom stereocenters. The lowest BCUT2D eigenvalue weighted by molar-refractivity contribution is -0.130. The molecule has 2 aliphatic heterocycles. The normalized spacial score (nSPS) is 18.7. The molecule has 0 aliphatic carbocycles. The molecule has 2 aliphatic rings. The van der Waals surface area contributed by atoms with Gasteiger partial charge in [-0.15, -0.1) is 0 Å². The average Bonchev–Trinajstić information content (AvgIpc) is 3.50. The molecule has 1 saturated heterocycles. The van der Waals surface area contributed by atoms with Crippen molar-refractivity contribution in [1.82, 2.24) is 14.8 Å². The first-order chi connectivity index (χ1) is 16.7. The molecule has 0 saturated carbocycles. The number of amides is 3. The third-order valence-corrected chi connectivity index (χ3v) is 6.59. The van der Waals surface area contributed by atoms with E-state index in [2.05, 4.69) is 5.32 Å². The first kappa shape index (κ1) is 22.5. The molecule has 0 unspecified atom stereocenters. The molecule has 0 spiro atoms. The molecule has 2 aromatic carbocycles. The summed E-state index contributed by atoms with van der Waals surface area (Å²) in [7, 11) is 1.55. The van der Waals surface area contributed by atoms with Crippen molar-refractivity contribution in [2.75, 3.05) is 20.4 Å². The van der Waals surface area contributed by atoms with Gasteiger partial charge in [-0.25, -0.2) is 4.79 Å². The highest BCUT2D eigenvalue weighted by Gasteiger charge is 2.49. The van der Waals surface area contributed by atoms with Gasteiger partial charge in [0.25, 0.3) is 5.91 Å². The highest BCUT2D eigenvalue weighted by Crippen LogP contribution is 2.35. The smallest absolute Gasteiger partial charge is 0.325 e. The van der Waals surface area contributed by atoms with Crippen molar-refractivity contribution >= 4 is 17.7 Å². The first-order valence-corrected chi connectivity index (χ1v) is 11.1. The van der Waals surface area contributed by atoms with Gasteiger partial charge in [-0.3, -0.25) is 14.5 Å². The lowest BCUT2D eigenvalue weighted by Gasteiger charge is -2.22. The number of imide groups is 1. The average molecular weight is 476 g/mol. The molecule has 3 aromatic rings. The maximum Gasteiger partial charge on any atom is 0.325 e. The lowest BCUT2D eigenvalue weighted by atomic mass is 9.92. The number of benzene rings is 2. The SMILES string of the molecule is COc1ccc([C@@]2(C)NC(=O)N(CC(=O)c3cc(C)n(-c4ccc5c(c4)OCO5)c3C)C2=O)cc1. The fraction of sp³-hybridized carbons (Fsp3) is 0.269. The molecule has 35 heavy (non-hydrogen) atoms. The van der Waals surface area contributed by atoms with Crippen LogP contribution in [0.25, 0.3) is 5.69 Å². The molecule has 3 heterocycles. The minimum Gasteiger partial charge on any atom is -0.497 e. The molecule has 1 aromatic heterocycles. The summed E-state index contributed by atoms with van der Waals surface area (Å²) < 4.78 is 18.0. The number of methoxy groups -OCH3 is 1. The van der Waals surface area contributed by atoms with E-state index in [9.17, 15) is 14.4 Å². The van der Waals surface area contributed by atoms with E-state index in [1.54, 1.807) is 44.4 Å². The van der Waals surface area contributed by atoms with E-state index in [-0.39, 0.29) is 19.1 Å². The standard InChI is InChI=1S/C26H25N3O6/c1-15-11-20(16(2)29(15)18-7-10-22-23(12-18)35-14-34-22)21(30)13-28-24(31)26(3,27-25(28)32)17-5-8-19(33-4)9-6-17/h5-12H,13-14H2,1-4H3,(H,27,32)/t26-/m1/s1. The Balaban J connectivity index is 1.39. The number of nitrogens with one attached hydrogen (secondary N) is 1. The summed E-state index contributed by atoms with van der Waals surface area (Å²) in [5, 5.41) is 2.74. The topological polar surface area (TPSA) is 99.1 Å². The van der Waals surface area contributed by atoms with Gasteiger partial charge in [-0.05, 0) is 56.7 Å². The molecule has 3 amide bonds. The van der Waals surface area contributed by atoms with Crippen LogP contribution >= 0.6 is 0 Å². The zero-order valence-electron chi connectivity index (χ0n) is 19.9. The fourth-order valence-electron chi connectivity index (χ4n) is 4.66. The predicted octanol–water partition coefficient (Wildman–Crippen LogP) is 3.48. The maximum atomic E-state index is 13.3. The molecule has 1 N–H and O–H groups in total. The summed E-state index contributed by atoms with van der Waals surface area (Å²) >= 11 is 0. The van der Waals surface area contributed by atoms with Gasteiger partial charge in [-0.1, -0.05) is 12.1 Å². The van der Waals surface area contributed by atoms with Crippen LogP contribution in [0.2, 0.25) is 0 Å². The second kappa shape index (κ2) is 8.19. The van der Waals surface area contributed by atoms with Crippen molar-refractivity contribution in [2.45, 2.75) is 26.3 Å². The van der Waals surface area contributed by atoms with Crippen molar-refractivity contribution in [3.05, 3.63) is 71.0 Å². The van der Waals surface area contributed by atoms with Gasteiger partial charge in [0.1, 0.15) is 11.3 Å². The number of nitrogens with zero attached hydrogens (tertiary/aromatic N) is 2. The second-order valence-electron chi connectivity index (χ2n) is 8.76. The fourth-order valence-corrected chi connectivity index (χ4v) is 4.66. The van der Waals surface area contributed by atoms with Crippen molar-refractivity contribution in [2.24, 2.45) is 0 Å². The van der Waals surface area contributed by atoms with Crippen LogP contribution in [-0.2, 0) is 10.3 Å². The number of hydrogen-bond donors (Lipinski definition) is 1. The van der Waals surface area contributed by atoms with E-state index >= 15 is 0 Å². The predicted molar refractivity (Wildman–Crippen MR) is 126 cm³/mol. The molecule has 9 nitrogen and oxygen atoms in total. The highest BCUT2D eigenvalue weighted by molar-refractivity contribution is 6.11. The molecule has 1 fully saturated rings. The molecular weight excluding hydrogens is 450 g/mol. The highest BCUT2D eigenvalue weighted by atomic mass is 16.7. The van der Waals surface area contributed by atoms with Gasteiger partial charge in [0.15, 0.2) is 17.3 Å². The second-order valence-corrected chi connectivity index (χ2v) is 8.76. The van der Waals surface area contributed by atoms with Crippen LogP contribution in [0.4, 0.5) is 4.79 Å². The number of rotatable bonds is 6. The van der Waals surface area contributed by atoms with E-state index in [0.29, 0.717) is 34.1 Å². The van der Waals surface area contributed by atoms with Crippen LogP contribution in [0.1, 0.15) is 34.2 Å². The number of ketones is 1. The molecule has 9 heteroatoms. The van der Waals surface area contributed by atoms with Gasteiger partial charge >= 0.3 is 6.03 Å². The Bertz CT molecular complexity index is 1360. The summed E-state index contributed by atoms with van der Waals surface area (Å²) in [4.78, 5) is 40.3. The Morgan fingerprint density at radius 1 is 1.06 bits per heavy atom. The number of carbonyl (C=O) groups is 3. The summed E-state index contributed by atoms with van der Waals surface area (Å²) in [5.74, 6) is 1.14. The molecule has 5 rings (SSSR count). The van der Waals surface area contributed by atoms with E-state index < -0.39 is 17.5 Å². The zero-order valence-corrected chi connectivity index (χ0v) is 19.9. The summed E-state index contributed by atoms with van der Waals surface area (Å²) in [6.45, 7) is 5.17. The van der Waals surface area contributed by atoms with Crippen LogP contribution < -0.4 is 19.5 Å². The minimum atomic E-state index is -1.27. The molecule has 0 bridgehead atoms. The van der Waals surface area contributed by atoms with Crippen LogP contribution in [0.15, 0.2) is 48.5 Å². The van der Waals surface area contributed by atoms with Crippen LogP contribution in [0, 0.1) is 13.8 Å². The third-order valence-electron chi connectivity index (χ3n) is 6.59.